The van der Waals surface area contributed by atoms with Crippen molar-refractivity contribution in [3.05, 3.63) is 98.6 Å². The minimum atomic E-state index is -1.44. The van der Waals surface area contributed by atoms with Crippen LogP contribution in [0.3, 0.4) is 0 Å². The lowest BCUT2D eigenvalue weighted by atomic mass is 9.49. The molecule has 0 radical (unpaired) electrons. The molecule has 11 nitrogen and oxygen atoms in total. The summed E-state index contributed by atoms with van der Waals surface area (Å²) >= 11 is 2.03. The Kier molecular flexibility index (Phi) is 9.62. The molecule has 4 amide bonds. The first-order valence-corrected chi connectivity index (χ1v) is 18.7. The number of nitrogens with zero attached hydrogens (tertiary/aromatic N) is 2. The van der Waals surface area contributed by atoms with E-state index in [-0.39, 0.29) is 42.7 Å². The molecule has 1 saturated carbocycles. The largest absolute Gasteiger partial charge is 0.504 e. The quantitative estimate of drug-likeness (QED) is 0.0924. The van der Waals surface area contributed by atoms with Crippen LogP contribution in [0.2, 0.25) is 0 Å². The van der Waals surface area contributed by atoms with Gasteiger partial charge in [-0.3, -0.25) is 34.3 Å². The number of ether oxygens (including phenoxy) is 1. The third-order valence-electron chi connectivity index (χ3n) is 11.4. The number of aliphatic carboxylic acids is 1. The van der Waals surface area contributed by atoms with Crippen molar-refractivity contribution in [3.8, 4) is 11.5 Å². The Morgan fingerprint density at radius 1 is 0.962 bits per heavy atom. The van der Waals surface area contributed by atoms with Crippen LogP contribution in [0.4, 0.5) is 5.69 Å². The van der Waals surface area contributed by atoms with Crippen molar-refractivity contribution in [1.29, 1.82) is 0 Å². The zero-order valence-corrected chi connectivity index (χ0v) is 31.0. The standard InChI is InChI=1S/C40H40IN3O8/c1-22-12-14-25(15-13-22)42-44-37(49)29-21-28-26(16-17-27-33(28)38(50)43(36(27)48)18-8-4-7-11-32(45)46)34(23-19-30(41)35(47)31(20-23)52-2)40(29,39(44)51)24-9-5-3-6-10-24/h3,5-6,9-10,12-16,19-20,27-29,33-34,42,47H,4,7-8,11,17-18,21H2,1-2H3,(H,45,46)/t27-,28+,29-,33-,34-,40+/m0/s1. The van der Waals surface area contributed by atoms with Gasteiger partial charge < -0.3 is 14.9 Å². The number of phenolic OH excluding ortho intramolecular Hbond substituents is 1. The SMILES string of the molecule is COc1cc([C@H]2C3=CC[C@@H]4C(=O)N(CCCCCC(=O)O)C(=O)[C@@H]4[C@@H]3C[C@H]3C(=O)N(Nc4ccc(C)cc4)C(=O)[C@@]23c2ccccc2)cc(I)c1O. The number of carbonyl (C=O) groups excluding carboxylic acids is 4. The zero-order chi connectivity index (χ0) is 36.9. The molecule has 3 N–H and O–H groups in total. The molecule has 2 heterocycles. The van der Waals surface area contributed by atoms with Gasteiger partial charge in [0.15, 0.2) is 11.5 Å². The van der Waals surface area contributed by atoms with Gasteiger partial charge >= 0.3 is 5.97 Å². The number of allylic oxidation sites excluding steroid dienone is 2. The number of amides is 4. The van der Waals surface area contributed by atoms with E-state index >= 15 is 4.79 Å². The van der Waals surface area contributed by atoms with Crippen LogP contribution in [0.15, 0.2) is 78.4 Å². The second-order valence-corrected chi connectivity index (χ2v) is 15.3. The number of methoxy groups -OCH3 is 1. The number of benzene rings is 3. The first-order chi connectivity index (χ1) is 25.0. The van der Waals surface area contributed by atoms with Gasteiger partial charge in [-0.25, -0.2) is 0 Å². The topological polar surface area (TPSA) is 154 Å². The van der Waals surface area contributed by atoms with Gasteiger partial charge in [0.05, 0.1) is 39.5 Å². The normalized spacial score (nSPS) is 26.5. The summed E-state index contributed by atoms with van der Waals surface area (Å²) in [5.74, 6) is -5.62. The molecule has 0 unspecified atom stereocenters. The highest BCUT2D eigenvalue weighted by molar-refractivity contribution is 14.1. The van der Waals surface area contributed by atoms with Gasteiger partial charge in [0, 0.05) is 18.9 Å². The summed E-state index contributed by atoms with van der Waals surface area (Å²) in [6, 6.07) is 20.2. The molecule has 0 spiro atoms. The lowest BCUT2D eigenvalue weighted by Crippen LogP contribution is -2.53. The smallest absolute Gasteiger partial charge is 0.303 e. The maximum absolute atomic E-state index is 15.3. The van der Waals surface area contributed by atoms with E-state index in [9.17, 15) is 24.3 Å². The third kappa shape index (κ3) is 5.75. The second kappa shape index (κ2) is 14.0. The minimum absolute atomic E-state index is 0.0258. The van der Waals surface area contributed by atoms with E-state index in [0.717, 1.165) is 16.1 Å². The van der Waals surface area contributed by atoms with Crippen molar-refractivity contribution < 1.29 is 38.9 Å². The van der Waals surface area contributed by atoms with E-state index in [1.165, 1.54) is 12.0 Å². The molecule has 270 valence electrons. The van der Waals surface area contributed by atoms with E-state index in [1.54, 1.807) is 12.1 Å². The number of hydrogen-bond donors (Lipinski definition) is 3. The average Bonchev–Trinajstić information content (AvgIpc) is 3.50. The predicted octanol–water partition coefficient (Wildman–Crippen LogP) is 5.94. The van der Waals surface area contributed by atoms with Gasteiger partial charge in [0.25, 0.3) is 11.8 Å². The highest BCUT2D eigenvalue weighted by Crippen LogP contribution is 2.64. The number of imide groups is 2. The zero-order valence-electron chi connectivity index (χ0n) is 28.9. The molecule has 2 saturated heterocycles. The fourth-order valence-electron chi connectivity index (χ4n) is 9.05. The van der Waals surface area contributed by atoms with Crippen molar-refractivity contribution in [2.24, 2.45) is 23.7 Å². The monoisotopic (exact) mass is 817 g/mol. The van der Waals surface area contributed by atoms with Crippen LogP contribution < -0.4 is 10.2 Å². The Labute approximate surface area is 315 Å². The number of carboxylic acids is 1. The van der Waals surface area contributed by atoms with Crippen molar-refractivity contribution in [2.75, 3.05) is 19.1 Å². The number of fused-ring (bicyclic) bond motifs is 4. The maximum atomic E-state index is 15.3. The summed E-state index contributed by atoms with van der Waals surface area (Å²) in [7, 11) is 1.45. The molecule has 0 bridgehead atoms. The fraction of sp³-hybridized carbons (Fsp3) is 0.375. The first-order valence-electron chi connectivity index (χ1n) is 17.6. The highest BCUT2D eigenvalue weighted by Gasteiger charge is 2.70. The summed E-state index contributed by atoms with van der Waals surface area (Å²) < 4.78 is 6.09. The van der Waals surface area contributed by atoms with E-state index < -0.39 is 52.8 Å². The van der Waals surface area contributed by atoms with E-state index in [0.29, 0.717) is 46.1 Å². The van der Waals surface area contributed by atoms with E-state index in [4.69, 9.17) is 9.84 Å². The number of likely N-dealkylation sites (tertiary alicyclic amines) is 1. The van der Waals surface area contributed by atoms with Gasteiger partial charge in [-0.15, -0.1) is 0 Å². The number of aromatic hydroxyl groups is 1. The predicted molar refractivity (Wildman–Crippen MR) is 199 cm³/mol. The molecule has 52 heavy (non-hydrogen) atoms. The van der Waals surface area contributed by atoms with Crippen molar-refractivity contribution in [2.45, 2.75) is 56.8 Å². The number of halogens is 1. The minimum Gasteiger partial charge on any atom is -0.504 e. The second-order valence-electron chi connectivity index (χ2n) is 14.2. The van der Waals surface area contributed by atoms with E-state index in [2.05, 4.69) is 5.43 Å². The maximum Gasteiger partial charge on any atom is 0.303 e. The molecule has 2 aliphatic heterocycles. The molecule has 0 aromatic heterocycles. The summed E-state index contributed by atoms with van der Waals surface area (Å²) in [6.07, 6.45) is 4.01. The molecule has 7 rings (SSSR count). The highest BCUT2D eigenvalue weighted by atomic mass is 127. The number of carbonyl (C=O) groups is 5. The molecule has 6 atom stereocenters. The Morgan fingerprint density at radius 3 is 2.38 bits per heavy atom. The van der Waals surface area contributed by atoms with Gasteiger partial charge in [-0.1, -0.05) is 66.1 Å². The van der Waals surface area contributed by atoms with Crippen LogP contribution in [0.1, 0.15) is 61.1 Å². The molecule has 3 fully saturated rings. The number of hydrogen-bond acceptors (Lipinski definition) is 8. The lowest BCUT2D eigenvalue weighted by Gasteiger charge is -2.50. The number of unbranched alkanes of at least 4 members (excludes halogenated alkanes) is 2. The molecule has 3 aromatic rings. The lowest BCUT2D eigenvalue weighted by molar-refractivity contribution is -0.141. The number of nitrogens with one attached hydrogen (secondary N) is 1. The summed E-state index contributed by atoms with van der Waals surface area (Å²) in [5.41, 5.74) is 5.36. The van der Waals surface area contributed by atoms with Crippen LogP contribution in [0, 0.1) is 34.2 Å². The third-order valence-corrected chi connectivity index (χ3v) is 12.2. The van der Waals surface area contributed by atoms with Crippen LogP contribution in [-0.2, 0) is 29.4 Å². The molecule has 12 heteroatoms. The van der Waals surface area contributed by atoms with Crippen LogP contribution >= 0.6 is 22.6 Å². The van der Waals surface area contributed by atoms with Crippen molar-refractivity contribution in [1.82, 2.24) is 9.91 Å². The Balaban J connectivity index is 1.36. The number of hydrazine groups is 1. The van der Waals surface area contributed by atoms with Crippen molar-refractivity contribution in [3.63, 3.8) is 0 Å². The molecule has 3 aromatic carbocycles. The van der Waals surface area contributed by atoms with Gasteiger partial charge in [-0.2, -0.15) is 5.01 Å². The number of phenols is 1. The Morgan fingerprint density at radius 2 is 1.69 bits per heavy atom. The first kappa shape index (κ1) is 35.7. The number of aryl methyl sites for hydroxylation is 1. The fourth-order valence-corrected chi connectivity index (χ4v) is 9.67. The van der Waals surface area contributed by atoms with Crippen LogP contribution in [0.25, 0.3) is 0 Å². The summed E-state index contributed by atoms with van der Waals surface area (Å²) in [5, 5.41) is 21.0. The molecular formula is C40H40IN3O8. The number of rotatable bonds is 11. The van der Waals surface area contributed by atoms with Crippen LogP contribution in [0.5, 0.6) is 11.5 Å². The van der Waals surface area contributed by atoms with Gasteiger partial charge in [0.2, 0.25) is 11.8 Å². The van der Waals surface area contributed by atoms with Gasteiger partial charge in [-0.05, 0) is 96.5 Å². The Bertz CT molecular complexity index is 1980. The molecular weight excluding hydrogens is 777 g/mol. The van der Waals surface area contributed by atoms with Crippen molar-refractivity contribution >= 4 is 57.9 Å². The number of anilines is 1. The van der Waals surface area contributed by atoms with Gasteiger partial charge in [0.1, 0.15) is 0 Å². The molecule has 2 aliphatic carbocycles. The van der Waals surface area contributed by atoms with Crippen LogP contribution in [-0.4, -0.2) is 63.4 Å². The summed E-state index contributed by atoms with van der Waals surface area (Å²) in [4.78, 5) is 70.5. The van der Waals surface area contributed by atoms with E-state index in [1.807, 2.05) is 90.2 Å². The average molecular weight is 818 g/mol. The molecule has 4 aliphatic rings. The summed E-state index contributed by atoms with van der Waals surface area (Å²) in [6.45, 7) is 2.15. The number of carboxylic acid groups (broad SMARTS) is 1. The Hall–Kier alpha value is -4.72.